The van der Waals surface area contributed by atoms with Gasteiger partial charge in [-0.1, -0.05) is 65.3 Å². The van der Waals surface area contributed by atoms with Crippen molar-refractivity contribution in [3.8, 4) is 6.07 Å². The summed E-state index contributed by atoms with van der Waals surface area (Å²) >= 11 is 6.03. The smallest absolute Gasteiger partial charge is 0.264 e. The van der Waals surface area contributed by atoms with Crippen LogP contribution in [0.2, 0.25) is 5.02 Å². The van der Waals surface area contributed by atoms with Crippen LogP contribution in [0.1, 0.15) is 76.7 Å². The highest BCUT2D eigenvalue weighted by Gasteiger charge is 2.32. The van der Waals surface area contributed by atoms with Crippen molar-refractivity contribution in [2.75, 3.05) is 18.4 Å². The second-order valence-corrected chi connectivity index (χ2v) is 14.1. The number of likely N-dealkylation sites (tertiary alicyclic amines) is 1. The van der Waals surface area contributed by atoms with Gasteiger partial charge in [0.2, 0.25) is 5.95 Å². The first kappa shape index (κ1) is 32.2. The first-order valence-electron chi connectivity index (χ1n) is 14.9. The highest BCUT2D eigenvalue weighted by atomic mass is 35.5. The number of hydrogen-bond acceptors (Lipinski definition) is 5. The molecule has 3 aromatic rings. The average molecular weight is 603 g/mol. The molecule has 43 heavy (non-hydrogen) atoms. The van der Waals surface area contributed by atoms with Gasteiger partial charge in [-0.25, -0.2) is 4.98 Å². The van der Waals surface area contributed by atoms with Gasteiger partial charge in [0.1, 0.15) is 11.6 Å². The molecule has 2 heterocycles. The first-order valence-corrected chi connectivity index (χ1v) is 15.3. The number of carbonyl (C=O) groups excluding carboxylic acids is 2. The van der Waals surface area contributed by atoms with Crippen molar-refractivity contribution >= 4 is 40.4 Å². The quantitative estimate of drug-likeness (QED) is 0.157. The molecule has 0 aliphatic carbocycles. The summed E-state index contributed by atoms with van der Waals surface area (Å²) in [6.07, 6.45) is 4.44. The van der Waals surface area contributed by atoms with Crippen LogP contribution in [-0.4, -0.2) is 45.4 Å². The lowest BCUT2D eigenvalue weighted by molar-refractivity contribution is -0.127. The van der Waals surface area contributed by atoms with E-state index in [1.807, 2.05) is 37.5 Å². The van der Waals surface area contributed by atoms with Crippen molar-refractivity contribution in [2.45, 2.75) is 79.9 Å². The fourth-order valence-corrected chi connectivity index (χ4v) is 5.40. The zero-order valence-corrected chi connectivity index (χ0v) is 26.9. The van der Waals surface area contributed by atoms with Gasteiger partial charge in [0.05, 0.1) is 17.1 Å². The lowest BCUT2D eigenvalue weighted by Gasteiger charge is -2.26. The van der Waals surface area contributed by atoms with Crippen molar-refractivity contribution in [3.63, 3.8) is 0 Å². The topological polar surface area (TPSA) is 103 Å². The summed E-state index contributed by atoms with van der Waals surface area (Å²) in [5, 5.41) is 16.8. The Balaban J connectivity index is 1.63. The van der Waals surface area contributed by atoms with Crippen molar-refractivity contribution in [3.05, 3.63) is 70.3 Å². The minimum atomic E-state index is -0.297. The van der Waals surface area contributed by atoms with Crippen molar-refractivity contribution in [1.82, 2.24) is 19.8 Å². The first-order chi connectivity index (χ1) is 20.2. The molecule has 8 nitrogen and oxygen atoms in total. The molecule has 0 spiro atoms. The molecule has 9 heteroatoms. The zero-order chi connectivity index (χ0) is 31.4. The van der Waals surface area contributed by atoms with Crippen molar-refractivity contribution < 1.29 is 9.59 Å². The molecule has 2 N–H and O–H groups in total. The number of fused-ring (bicyclic) bond motifs is 1. The number of aromatic nitrogens is 2. The van der Waals surface area contributed by atoms with E-state index >= 15 is 0 Å². The number of nitriles is 1. The third-order valence-electron chi connectivity index (χ3n) is 7.48. The number of nitrogens with one attached hydrogen (secondary N) is 2. The Hall–Kier alpha value is -3.67. The van der Waals surface area contributed by atoms with Crippen molar-refractivity contribution in [2.24, 2.45) is 10.8 Å². The van der Waals surface area contributed by atoms with Gasteiger partial charge in [0.15, 0.2) is 0 Å². The normalized spacial score (nSPS) is 16.0. The summed E-state index contributed by atoms with van der Waals surface area (Å²) in [5.74, 6) is -0.130. The predicted octanol–water partition coefficient (Wildman–Crippen LogP) is 6.95. The second-order valence-electron chi connectivity index (χ2n) is 13.6. The summed E-state index contributed by atoms with van der Waals surface area (Å²) < 4.78 is 1.98. The molecular formula is C34H43ClN6O2. The maximum absolute atomic E-state index is 13.5. The van der Waals surface area contributed by atoms with Crippen LogP contribution < -0.4 is 10.6 Å². The number of allylic oxidation sites excluding steroid dienone is 1. The van der Waals surface area contributed by atoms with Crippen LogP contribution in [-0.2, 0) is 17.9 Å². The number of carbonyl (C=O) groups is 2. The van der Waals surface area contributed by atoms with E-state index < -0.39 is 0 Å². The number of rotatable bonds is 9. The van der Waals surface area contributed by atoms with Crippen LogP contribution >= 0.6 is 11.6 Å². The number of benzene rings is 2. The Morgan fingerprint density at radius 2 is 1.84 bits per heavy atom. The van der Waals surface area contributed by atoms with Crippen LogP contribution in [0.5, 0.6) is 0 Å². The molecule has 228 valence electrons. The van der Waals surface area contributed by atoms with Crippen LogP contribution in [0, 0.1) is 22.2 Å². The van der Waals surface area contributed by atoms with Gasteiger partial charge < -0.3 is 14.8 Å². The molecule has 1 fully saturated rings. The Morgan fingerprint density at radius 1 is 1.12 bits per heavy atom. The highest BCUT2D eigenvalue weighted by molar-refractivity contribution is 6.30. The minimum Gasteiger partial charge on any atom is -0.333 e. The van der Waals surface area contributed by atoms with E-state index in [0.29, 0.717) is 36.2 Å². The molecule has 2 aromatic carbocycles. The number of amides is 2. The van der Waals surface area contributed by atoms with Crippen LogP contribution in [0.3, 0.4) is 0 Å². The van der Waals surface area contributed by atoms with Gasteiger partial charge >= 0.3 is 0 Å². The molecule has 2 amide bonds. The molecule has 1 atom stereocenters. The predicted molar refractivity (Wildman–Crippen MR) is 173 cm³/mol. The Labute approximate surface area is 260 Å². The van der Waals surface area contributed by atoms with Gasteiger partial charge in [-0.05, 0) is 78.6 Å². The maximum Gasteiger partial charge on any atom is 0.264 e. The number of hydrogen-bond donors (Lipinski definition) is 2. The molecule has 1 aromatic heterocycles. The fraction of sp³-hybridized carbons (Fsp3) is 0.471. The van der Waals surface area contributed by atoms with E-state index in [4.69, 9.17) is 16.6 Å². The Morgan fingerprint density at radius 3 is 2.49 bits per heavy atom. The maximum atomic E-state index is 13.5. The third kappa shape index (κ3) is 8.68. The summed E-state index contributed by atoms with van der Waals surface area (Å²) in [6.45, 7) is 15.3. The third-order valence-corrected chi connectivity index (χ3v) is 7.74. The van der Waals surface area contributed by atoms with Gasteiger partial charge in [-0.3, -0.25) is 14.9 Å². The summed E-state index contributed by atoms with van der Waals surface area (Å²) in [5.41, 5.74) is 3.33. The van der Waals surface area contributed by atoms with E-state index in [1.54, 1.807) is 35.2 Å². The Kier molecular flexibility index (Phi) is 9.99. The van der Waals surface area contributed by atoms with E-state index in [2.05, 4.69) is 43.5 Å². The molecule has 1 saturated heterocycles. The molecule has 0 radical (unpaired) electrons. The molecule has 1 aliphatic heterocycles. The van der Waals surface area contributed by atoms with E-state index in [0.717, 1.165) is 42.4 Å². The minimum absolute atomic E-state index is 0.147. The van der Waals surface area contributed by atoms with Crippen LogP contribution in [0.25, 0.3) is 11.0 Å². The van der Waals surface area contributed by atoms with Gasteiger partial charge in [0, 0.05) is 30.2 Å². The van der Waals surface area contributed by atoms with Gasteiger partial charge in [-0.15, -0.1) is 0 Å². The monoisotopic (exact) mass is 602 g/mol. The SMILES string of the molecule is CC(C)(C)C=C(C#N)C(=O)N1CCC[C@H]1Cn1c(NC(=O)c2ccc(Cl)cc2)nc2cc(CNCCC(C)(C)C)ccc21. The summed E-state index contributed by atoms with van der Waals surface area (Å²) in [7, 11) is 0. The molecular weight excluding hydrogens is 560 g/mol. The lowest BCUT2D eigenvalue weighted by Crippen LogP contribution is -2.39. The van der Waals surface area contributed by atoms with E-state index in [1.165, 1.54) is 0 Å². The Bertz CT molecular complexity index is 1540. The largest absolute Gasteiger partial charge is 0.333 e. The average Bonchev–Trinajstić information content (AvgIpc) is 3.53. The summed E-state index contributed by atoms with van der Waals surface area (Å²) in [6, 6.07) is 14.8. The van der Waals surface area contributed by atoms with E-state index in [-0.39, 0.29) is 34.3 Å². The standard InChI is InChI=1S/C34H43ClN6O2/c1-33(2,3)15-16-37-21-23-9-14-29-28(18-23)38-32(39-30(42)24-10-12-26(35)13-11-24)41(29)22-27-8-7-17-40(27)31(43)25(20-36)19-34(4,5)6/h9-14,18-19,27,37H,7-8,15-17,21-22H2,1-6H3,(H,38,39,42)/t27-/m0/s1. The summed E-state index contributed by atoms with van der Waals surface area (Å²) in [4.78, 5) is 33.4. The van der Waals surface area contributed by atoms with Crippen LogP contribution in [0.4, 0.5) is 5.95 Å². The molecule has 1 aliphatic rings. The highest BCUT2D eigenvalue weighted by Crippen LogP contribution is 2.28. The number of anilines is 1. The number of halogens is 1. The number of nitrogens with zero attached hydrogens (tertiary/aromatic N) is 4. The molecule has 4 rings (SSSR count). The lowest BCUT2D eigenvalue weighted by atomic mass is 9.92. The van der Waals surface area contributed by atoms with Gasteiger partial charge in [0.25, 0.3) is 11.8 Å². The number of imidazole rings is 1. The zero-order valence-electron chi connectivity index (χ0n) is 26.1. The van der Waals surface area contributed by atoms with Crippen LogP contribution in [0.15, 0.2) is 54.1 Å². The molecule has 0 bridgehead atoms. The molecule has 0 saturated carbocycles. The van der Waals surface area contributed by atoms with Crippen molar-refractivity contribution in [1.29, 1.82) is 5.26 Å². The van der Waals surface area contributed by atoms with Gasteiger partial charge in [-0.2, -0.15) is 5.26 Å². The fourth-order valence-electron chi connectivity index (χ4n) is 5.27. The van der Waals surface area contributed by atoms with E-state index in [9.17, 15) is 14.9 Å². The molecule has 0 unspecified atom stereocenters. The second kappa shape index (κ2) is 13.3.